The van der Waals surface area contributed by atoms with Gasteiger partial charge < -0.3 is 19.7 Å². The van der Waals surface area contributed by atoms with Crippen molar-refractivity contribution >= 4 is 0 Å². The van der Waals surface area contributed by atoms with Crippen LogP contribution in [0.4, 0.5) is 0 Å². The maximum absolute atomic E-state index is 9.48. The van der Waals surface area contributed by atoms with Gasteiger partial charge in [-0.15, -0.1) is 0 Å². The lowest BCUT2D eigenvalue weighted by Crippen LogP contribution is -1.91. The van der Waals surface area contributed by atoms with E-state index in [9.17, 15) is 10.2 Å². The Morgan fingerprint density at radius 3 is 1.63 bits per heavy atom. The lowest BCUT2D eigenvalue weighted by Gasteiger charge is -2.11. The molecule has 19 heavy (non-hydrogen) atoms. The maximum Gasteiger partial charge on any atom is 0.207 e. The van der Waals surface area contributed by atoms with Gasteiger partial charge >= 0.3 is 0 Å². The monoisotopic (exact) mass is 262 g/mol. The first-order valence-electron chi connectivity index (χ1n) is 5.75. The van der Waals surface area contributed by atoms with E-state index < -0.39 is 0 Å². The van der Waals surface area contributed by atoms with E-state index in [1.807, 2.05) is 36.4 Å². The van der Waals surface area contributed by atoms with Crippen molar-refractivity contribution in [2.75, 3.05) is 14.2 Å². The summed E-state index contributed by atoms with van der Waals surface area (Å²) in [4.78, 5) is 0. The highest BCUT2D eigenvalue weighted by Crippen LogP contribution is 2.44. The lowest BCUT2D eigenvalue weighted by atomic mass is 10.2. The Bertz CT molecular complexity index is 483. The molecule has 4 nitrogen and oxygen atoms in total. The van der Waals surface area contributed by atoms with E-state index in [-0.39, 0.29) is 23.0 Å². The van der Waals surface area contributed by atoms with Crippen LogP contribution in [-0.4, -0.2) is 24.4 Å². The molecule has 2 N–H and O–H groups in total. The Hall–Kier alpha value is -2.36. The summed E-state index contributed by atoms with van der Waals surface area (Å²) in [7, 11) is 2.80. The molecule has 0 aliphatic rings. The van der Waals surface area contributed by atoms with Crippen LogP contribution in [0, 0.1) is 6.92 Å². The SMILES string of the molecule is COc1cc(C)c(O)c(OC)c1O.c1ccccc1. The molecule has 2 aromatic rings. The summed E-state index contributed by atoms with van der Waals surface area (Å²) >= 11 is 0. The number of hydrogen-bond acceptors (Lipinski definition) is 4. The highest BCUT2D eigenvalue weighted by atomic mass is 16.5. The average Bonchev–Trinajstić information content (AvgIpc) is 2.46. The summed E-state index contributed by atoms with van der Waals surface area (Å²) in [5, 5.41) is 18.9. The molecule has 0 heterocycles. The fourth-order valence-electron chi connectivity index (χ4n) is 1.47. The molecule has 0 aliphatic heterocycles. The van der Waals surface area contributed by atoms with Gasteiger partial charge in [-0.05, 0) is 18.6 Å². The first-order valence-corrected chi connectivity index (χ1v) is 5.75. The predicted octanol–water partition coefficient (Wildman–Crippen LogP) is 3.11. The third-order valence-corrected chi connectivity index (χ3v) is 2.48. The number of methoxy groups -OCH3 is 2. The van der Waals surface area contributed by atoms with Crippen molar-refractivity contribution in [3.8, 4) is 23.0 Å². The fourth-order valence-corrected chi connectivity index (χ4v) is 1.47. The molecule has 4 heteroatoms. The minimum Gasteiger partial charge on any atom is -0.504 e. The number of aromatic hydroxyl groups is 2. The average molecular weight is 262 g/mol. The van der Waals surface area contributed by atoms with E-state index >= 15 is 0 Å². The summed E-state index contributed by atoms with van der Waals surface area (Å²) in [6.07, 6.45) is 0. The van der Waals surface area contributed by atoms with E-state index in [0.717, 1.165) is 0 Å². The van der Waals surface area contributed by atoms with Gasteiger partial charge in [0.15, 0.2) is 11.5 Å². The van der Waals surface area contributed by atoms with E-state index in [2.05, 4.69) is 0 Å². The molecule has 0 radical (unpaired) electrons. The highest BCUT2D eigenvalue weighted by Gasteiger charge is 2.15. The number of benzene rings is 2. The zero-order chi connectivity index (χ0) is 14.3. The highest BCUT2D eigenvalue weighted by molar-refractivity contribution is 5.60. The summed E-state index contributed by atoms with van der Waals surface area (Å²) in [6.45, 7) is 1.69. The van der Waals surface area contributed by atoms with Gasteiger partial charge in [0.2, 0.25) is 11.5 Å². The molecule has 0 aromatic heterocycles. The van der Waals surface area contributed by atoms with Crippen molar-refractivity contribution in [1.82, 2.24) is 0 Å². The zero-order valence-electron chi connectivity index (χ0n) is 11.3. The van der Waals surface area contributed by atoms with Crippen molar-refractivity contribution < 1.29 is 19.7 Å². The van der Waals surface area contributed by atoms with Crippen LogP contribution in [0.3, 0.4) is 0 Å². The number of phenols is 2. The molecule has 0 saturated carbocycles. The summed E-state index contributed by atoms with van der Waals surface area (Å²) in [5.41, 5.74) is 0.589. The van der Waals surface area contributed by atoms with E-state index in [1.54, 1.807) is 6.92 Å². The van der Waals surface area contributed by atoms with Crippen LogP contribution in [-0.2, 0) is 0 Å². The normalized spacial score (nSPS) is 9.21. The Morgan fingerprint density at radius 1 is 0.789 bits per heavy atom. The molecule has 0 amide bonds. The van der Waals surface area contributed by atoms with Gasteiger partial charge in [0.05, 0.1) is 14.2 Å². The molecule has 0 fully saturated rings. The molecular weight excluding hydrogens is 244 g/mol. The minimum absolute atomic E-state index is 0.0388. The van der Waals surface area contributed by atoms with Crippen LogP contribution in [0.2, 0.25) is 0 Å². The number of aryl methyl sites for hydroxylation is 1. The van der Waals surface area contributed by atoms with Gasteiger partial charge in [-0.1, -0.05) is 36.4 Å². The molecule has 0 spiro atoms. The molecule has 0 bridgehead atoms. The van der Waals surface area contributed by atoms with Crippen molar-refractivity contribution in [2.45, 2.75) is 6.92 Å². The second-order valence-electron chi connectivity index (χ2n) is 3.78. The molecular formula is C15H18O4. The van der Waals surface area contributed by atoms with Crippen molar-refractivity contribution in [3.05, 3.63) is 48.0 Å². The van der Waals surface area contributed by atoms with Crippen molar-refractivity contribution in [1.29, 1.82) is 0 Å². The fraction of sp³-hybridized carbons (Fsp3) is 0.200. The Morgan fingerprint density at radius 2 is 1.26 bits per heavy atom. The van der Waals surface area contributed by atoms with Crippen LogP contribution >= 0.6 is 0 Å². The number of rotatable bonds is 2. The molecule has 2 rings (SSSR count). The number of hydrogen-bond donors (Lipinski definition) is 2. The van der Waals surface area contributed by atoms with E-state index in [4.69, 9.17) is 9.47 Å². The standard InChI is InChI=1S/C9H12O4.C6H6/c1-5-4-6(12-2)8(11)9(13-3)7(5)10;1-2-4-6-5-3-1/h4,10-11H,1-3H3;1-6H. The molecule has 0 saturated heterocycles. The molecule has 102 valence electrons. The third-order valence-electron chi connectivity index (χ3n) is 2.48. The Labute approximate surface area is 112 Å². The second-order valence-corrected chi connectivity index (χ2v) is 3.78. The van der Waals surface area contributed by atoms with E-state index in [1.165, 1.54) is 20.3 Å². The number of ether oxygens (including phenoxy) is 2. The summed E-state index contributed by atoms with van der Waals surface area (Å²) < 4.78 is 9.70. The van der Waals surface area contributed by atoms with Crippen molar-refractivity contribution in [2.24, 2.45) is 0 Å². The topological polar surface area (TPSA) is 58.9 Å². The van der Waals surface area contributed by atoms with Gasteiger partial charge in [-0.2, -0.15) is 0 Å². The second kappa shape index (κ2) is 7.16. The van der Waals surface area contributed by atoms with Gasteiger partial charge in [0.25, 0.3) is 0 Å². The first kappa shape index (κ1) is 14.7. The van der Waals surface area contributed by atoms with Crippen LogP contribution in [0.15, 0.2) is 42.5 Å². The van der Waals surface area contributed by atoms with Gasteiger partial charge in [-0.3, -0.25) is 0 Å². The zero-order valence-corrected chi connectivity index (χ0v) is 11.3. The lowest BCUT2D eigenvalue weighted by molar-refractivity contribution is 0.321. The smallest absolute Gasteiger partial charge is 0.207 e. The summed E-state index contributed by atoms with van der Waals surface area (Å²) in [6, 6.07) is 13.5. The third kappa shape index (κ3) is 3.81. The minimum atomic E-state index is -0.187. The van der Waals surface area contributed by atoms with Crippen molar-refractivity contribution in [3.63, 3.8) is 0 Å². The van der Waals surface area contributed by atoms with Gasteiger partial charge in [0, 0.05) is 0 Å². The first-order chi connectivity index (χ1) is 9.11. The molecule has 0 unspecified atom stereocenters. The maximum atomic E-state index is 9.48. The van der Waals surface area contributed by atoms with Crippen LogP contribution in [0.5, 0.6) is 23.0 Å². The Balaban J connectivity index is 0.000000250. The molecule has 0 aliphatic carbocycles. The summed E-state index contributed by atoms with van der Waals surface area (Å²) in [5.74, 6) is 0.0675. The molecule has 2 aromatic carbocycles. The Kier molecular flexibility index (Phi) is 5.54. The predicted molar refractivity (Wildman–Crippen MR) is 74.1 cm³/mol. The van der Waals surface area contributed by atoms with Crippen LogP contribution < -0.4 is 9.47 Å². The quantitative estimate of drug-likeness (QED) is 0.873. The van der Waals surface area contributed by atoms with Crippen LogP contribution in [0.25, 0.3) is 0 Å². The van der Waals surface area contributed by atoms with Gasteiger partial charge in [0.1, 0.15) is 0 Å². The molecule has 0 atom stereocenters. The van der Waals surface area contributed by atoms with Gasteiger partial charge in [-0.25, -0.2) is 0 Å². The van der Waals surface area contributed by atoms with E-state index in [0.29, 0.717) is 5.56 Å². The number of phenolic OH excluding ortho intramolecular Hbond substituents is 2. The van der Waals surface area contributed by atoms with Crippen LogP contribution in [0.1, 0.15) is 5.56 Å². The largest absolute Gasteiger partial charge is 0.504 e.